The Labute approximate surface area is 133 Å². The Hall–Kier alpha value is -2.40. The molecule has 2 amide bonds. The molecule has 114 valence electrons. The zero-order valence-electron chi connectivity index (χ0n) is 11.7. The van der Waals surface area contributed by atoms with E-state index < -0.39 is 0 Å². The molecule has 1 aliphatic heterocycles. The Kier molecular flexibility index (Phi) is 4.34. The molecule has 0 spiro atoms. The van der Waals surface area contributed by atoms with Crippen LogP contribution in [0.25, 0.3) is 0 Å². The smallest absolute Gasteiger partial charge is 0.319 e. The summed E-state index contributed by atoms with van der Waals surface area (Å²) in [6.07, 6.45) is -0.217. The van der Waals surface area contributed by atoms with Gasteiger partial charge in [0.2, 0.25) is 0 Å². The van der Waals surface area contributed by atoms with Crippen molar-refractivity contribution < 1.29 is 14.3 Å². The highest BCUT2D eigenvalue weighted by Crippen LogP contribution is 2.30. The van der Waals surface area contributed by atoms with Crippen LogP contribution in [0.3, 0.4) is 0 Å². The van der Waals surface area contributed by atoms with Crippen molar-refractivity contribution in [2.24, 2.45) is 0 Å². The summed E-state index contributed by atoms with van der Waals surface area (Å²) < 4.78 is 11.4. The van der Waals surface area contributed by atoms with Crippen LogP contribution in [-0.4, -0.2) is 25.3 Å². The van der Waals surface area contributed by atoms with E-state index in [4.69, 9.17) is 21.1 Å². The van der Waals surface area contributed by atoms with E-state index in [1.807, 2.05) is 24.3 Å². The quantitative estimate of drug-likeness (QED) is 0.913. The van der Waals surface area contributed by atoms with E-state index in [-0.39, 0.29) is 12.1 Å². The van der Waals surface area contributed by atoms with Crippen molar-refractivity contribution in [3.05, 3.63) is 53.6 Å². The maximum atomic E-state index is 11.8. The minimum absolute atomic E-state index is 0.217. The lowest BCUT2D eigenvalue weighted by Crippen LogP contribution is -2.42. The fourth-order valence-electron chi connectivity index (χ4n) is 2.08. The van der Waals surface area contributed by atoms with E-state index in [9.17, 15) is 4.79 Å². The van der Waals surface area contributed by atoms with Crippen LogP contribution in [0, 0.1) is 0 Å². The highest BCUT2D eigenvalue weighted by molar-refractivity contribution is 6.30. The van der Waals surface area contributed by atoms with Gasteiger partial charge in [0.05, 0.1) is 6.54 Å². The molecule has 2 aromatic rings. The van der Waals surface area contributed by atoms with Crippen molar-refractivity contribution in [3.8, 4) is 11.5 Å². The van der Waals surface area contributed by atoms with Crippen LogP contribution in [-0.2, 0) is 0 Å². The molecule has 22 heavy (non-hydrogen) atoms. The van der Waals surface area contributed by atoms with Crippen LogP contribution < -0.4 is 20.1 Å². The number of urea groups is 1. The molecule has 5 nitrogen and oxygen atoms in total. The van der Waals surface area contributed by atoms with Gasteiger partial charge in [-0.1, -0.05) is 23.7 Å². The van der Waals surface area contributed by atoms with E-state index in [1.54, 1.807) is 24.3 Å². The number of carbonyl (C=O) groups excluding carboxylic acids is 1. The molecule has 1 heterocycles. The number of nitrogens with one attached hydrogen (secondary N) is 2. The molecular formula is C16H15ClN2O3. The number of hydrogen-bond acceptors (Lipinski definition) is 3. The van der Waals surface area contributed by atoms with Gasteiger partial charge in [-0.2, -0.15) is 0 Å². The van der Waals surface area contributed by atoms with Crippen molar-refractivity contribution in [2.75, 3.05) is 18.5 Å². The lowest BCUT2D eigenvalue weighted by molar-refractivity contribution is 0.0922. The molecule has 0 aliphatic carbocycles. The molecule has 2 N–H and O–H groups in total. The second kappa shape index (κ2) is 6.58. The Bertz CT molecular complexity index is 661. The summed E-state index contributed by atoms with van der Waals surface area (Å²) in [6, 6.07) is 14.1. The summed E-state index contributed by atoms with van der Waals surface area (Å²) in [5.74, 6) is 1.42. The molecule has 0 aromatic heterocycles. The second-order valence-corrected chi connectivity index (χ2v) is 5.28. The molecule has 1 atom stereocenters. The highest BCUT2D eigenvalue weighted by atomic mass is 35.5. The number of anilines is 1. The monoisotopic (exact) mass is 318 g/mol. The number of fused-ring (bicyclic) bond motifs is 1. The number of carbonyl (C=O) groups is 1. The first kappa shape index (κ1) is 14.5. The van der Waals surface area contributed by atoms with Crippen molar-refractivity contribution >= 4 is 23.3 Å². The molecular weight excluding hydrogens is 304 g/mol. The van der Waals surface area contributed by atoms with E-state index in [1.165, 1.54) is 0 Å². The van der Waals surface area contributed by atoms with Crippen LogP contribution in [0.4, 0.5) is 10.5 Å². The van der Waals surface area contributed by atoms with E-state index >= 15 is 0 Å². The van der Waals surface area contributed by atoms with Gasteiger partial charge >= 0.3 is 6.03 Å². The number of rotatable bonds is 3. The van der Waals surface area contributed by atoms with Gasteiger partial charge in [-0.05, 0) is 36.4 Å². The lowest BCUT2D eigenvalue weighted by atomic mass is 10.2. The molecule has 0 unspecified atom stereocenters. The third-order valence-corrected chi connectivity index (χ3v) is 3.41. The number of benzene rings is 2. The Morgan fingerprint density at radius 2 is 1.86 bits per heavy atom. The average Bonchev–Trinajstić information content (AvgIpc) is 2.55. The van der Waals surface area contributed by atoms with Crippen molar-refractivity contribution in [1.29, 1.82) is 0 Å². The number of hydrogen-bond donors (Lipinski definition) is 2. The standard InChI is InChI=1S/C16H15ClN2O3/c17-11-5-7-12(8-6-11)19-16(20)18-9-13-10-21-14-3-1-2-4-15(14)22-13/h1-8,13H,9-10H2,(H2,18,19,20)/t13-/m0/s1. The van der Waals surface area contributed by atoms with Gasteiger partial charge in [0.15, 0.2) is 17.6 Å². The summed E-state index contributed by atoms with van der Waals surface area (Å²) in [6.45, 7) is 0.756. The van der Waals surface area contributed by atoms with Gasteiger partial charge in [0.25, 0.3) is 0 Å². The van der Waals surface area contributed by atoms with Crippen molar-refractivity contribution in [3.63, 3.8) is 0 Å². The summed E-state index contributed by atoms with van der Waals surface area (Å²) in [5, 5.41) is 6.10. The zero-order valence-corrected chi connectivity index (χ0v) is 12.5. The number of para-hydroxylation sites is 2. The maximum Gasteiger partial charge on any atom is 0.319 e. The first-order chi connectivity index (χ1) is 10.7. The summed E-state index contributed by atoms with van der Waals surface area (Å²) in [7, 11) is 0. The van der Waals surface area contributed by atoms with Crippen molar-refractivity contribution in [1.82, 2.24) is 5.32 Å². The lowest BCUT2D eigenvalue weighted by Gasteiger charge is -2.26. The zero-order chi connectivity index (χ0) is 15.4. The van der Waals surface area contributed by atoms with Gasteiger partial charge in [-0.3, -0.25) is 0 Å². The average molecular weight is 319 g/mol. The molecule has 0 bridgehead atoms. The summed E-state index contributed by atoms with van der Waals surface area (Å²) in [4.78, 5) is 11.8. The maximum absolute atomic E-state index is 11.8. The molecule has 0 radical (unpaired) electrons. The fraction of sp³-hybridized carbons (Fsp3) is 0.188. The van der Waals surface area contributed by atoms with Gasteiger partial charge in [-0.15, -0.1) is 0 Å². The summed E-state index contributed by atoms with van der Waals surface area (Å²) in [5.41, 5.74) is 0.674. The topological polar surface area (TPSA) is 59.6 Å². The Morgan fingerprint density at radius 1 is 1.14 bits per heavy atom. The highest BCUT2D eigenvalue weighted by Gasteiger charge is 2.20. The van der Waals surface area contributed by atoms with E-state index in [0.29, 0.717) is 29.6 Å². The Morgan fingerprint density at radius 3 is 2.64 bits per heavy atom. The molecule has 3 rings (SSSR count). The van der Waals surface area contributed by atoms with Crippen LogP contribution >= 0.6 is 11.6 Å². The Balaban J connectivity index is 1.49. The van der Waals surface area contributed by atoms with Gasteiger partial charge < -0.3 is 20.1 Å². The first-order valence-electron chi connectivity index (χ1n) is 6.89. The van der Waals surface area contributed by atoms with Crippen LogP contribution in [0.2, 0.25) is 5.02 Å². The van der Waals surface area contributed by atoms with Crippen LogP contribution in [0.15, 0.2) is 48.5 Å². The molecule has 0 fully saturated rings. The molecule has 2 aromatic carbocycles. The van der Waals surface area contributed by atoms with Gasteiger partial charge in [-0.25, -0.2) is 4.79 Å². The molecule has 0 saturated carbocycles. The minimum atomic E-state index is -0.301. The largest absolute Gasteiger partial charge is 0.486 e. The number of halogens is 1. The van der Waals surface area contributed by atoms with Crippen LogP contribution in [0.1, 0.15) is 0 Å². The SMILES string of the molecule is O=C(NC[C@H]1COc2ccccc2O1)Nc1ccc(Cl)cc1. The molecule has 6 heteroatoms. The predicted octanol–water partition coefficient (Wildman–Crippen LogP) is 3.30. The minimum Gasteiger partial charge on any atom is -0.486 e. The normalized spacial score (nSPS) is 16.0. The van der Waals surface area contributed by atoms with Crippen LogP contribution in [0.5, 0.6) is 11.5 Å². The molecule has 1 aliphatic rings. The first-order valence-corrected chi connectivity index (χ1v) is 7.27. The van der Waals surface area contributed by atoms with Crippen molar-refractivity contribution in [2.45, 2.75) is 6.10 Å². The number of ether oxygens (including phenoxy) is 2. The fourth-order valence-corrected chi connectivity index (χ4v) is 2.20. The number of amides is 2. The van der Waals surface area contributed by atoms with E-state index in [0.717, 1.165) is 5.75 Å². The third kappa shape index (κ3) is 3.62. The third-order valence-electron chi connectivity index (χ3n) is 3.16. The van der Waals surface area contributed by atoms with Gasteiger partial charge in [0, 0.05) is 10.7 Å². The predicted molar refractivity (Wildman–Crippen MR) is 84.8 cm³/mol. The summed E-state index contributed by atoms with van der Waals surface area (Å²) >= 11 is 5.79. The second-order valence-electron chi connectivity index (χ2n) is 4.84. The van der Waals surface area contributed by atoms with E-state index in [2.05, 4.69) is 10.6 Å². The molecule has 0 saturated heterocycles. The van der Waals surface area contributed by atoms with Gasteiger partial charge in [0.1, 0.15) is 6.61 Å².